The quantitative estimate of drug-likeness (QED) is 0.789. The molecule has 120 valence electrons. The van der Waals surface area contributed by atoms with Crippen molar-refractivity contribution in [3.05, 3.63) is 30.1 Å². The van der Waals surface area contributed by atoms with Gasteiger partial charge in [-0.2, -0.15) is 0 Å². The number of aromatic amines is 1. The van der Waals surface area contributed by atoms with Crippen molar-refractivity contribution < 1.29 is 5.11 Å². The molecule has 3 rings (SSSR count). The Hall–Kier alpha value is -1.43. The van der Waals surface area contributed by atoms with Gasteiger partial charge in [0.25, 0.3) is 0 Å². The Balaban J connectivity index is 1.47. The second kappa shape index (κ2) is 6.36. The molecule has 22 heavy (non-hydrogen) atoms. The van der Waals surface area contributed by atoms with E-state index >= 15 is 0 Å². The van der Waals surface area contributed by atoms with Crippen LogP contribution >= 0.6 is 0 Å². The largest absolute Gasteiger partial charge is 0.389 e. The van der Waals surface area contributed by atoms with Crippen LogP contribution in [-0.2, 0) is 6.54 Å². The number of piperidine rings is 1. The first-order valence-corrected chi connectivity index (χ1v) is 8.11. The molecule has 0 spiro atoms. The number of H-pyrrole nitrogens is 1. The van der Waals surface area contributed by atoms with Crippen molar-refractivity contribution in [2.24, 2.45) is 0 Å². The molecule has 5 nitrogen and oxygen atoms in total. The molecule has 1 fully saturated rings. The number of rotatable bonds is 5. The number of hydrogen-bond acceptors (Lipinski definition) is 4. The lowest BCUT2D eigenvalue weighted by atomic mass is 10.0. The van der Waals surface area contributed by atoms with E-state index in [1.165, 1.54) is 0 Å². The summed E-state index contributed by atoms with van der Waals surface area (Å²) in [5.74, 6) is 0. The maximum Gasteiger partial charge on any atom is 0.137 e. The topological polar surface area (TPSA) is 64.2 Å². The highest BCUT2D eigenvalue weighted by atomic mass is 16.3. The van der Waals surface area contributed by atoms with Crippen molar-refractivity contribution in [3.8, 4) is 0 Å². The molecule has 0 aliphatic carbocycles. The molecule has 0 amide bonds. The van der Waals surface area contributed by atoms with E-state index in [9.17, 15) is 5.11 Å². The summed E-state index contributed by atoms with van der Waals surface area (Å²) in [6, 6.07) is 6.78. The van der Waals surface area contributed by atoms with Crippen LogP contribution in [-0.4, -0.2) is 51.3 Å². The molecule has 0 atom stereocenters. The molecule has 0 aromatic carbocycles. The number of nitrogens with one attached hydrogen (secondary N) is 2. The highest BCUT2D eigenvalue weighted by Crippen LogP contribution is 2.15. The number of β-amino-alcohol motifs (C(OH)–C–C–N with tert-alkyl or cyclic N) is 1. The number of fused-ring (bicyclic) bond motifs is 1. The number of likely N-dealkylation sites (tertiary alicyclic amines) is 1. The lowest BCUT2D eigenvalue weighted by Gasteiger charge is -2.35. The summed E-state index contributed by atoms with van der Waals surface area (Å²) < 4.78 is 0. The van der Waals surface area contributed by atoms with Crippen LogP contribution in [0.3, 0.4) is 0 Å². The predicted octanol–water partition coefficient (Wildman–Crippen LogP) is 1.89. The third-order valence-electron chi connectivity index (χ3n) is 4.24. The van der Waals surface area contributed by atoms with Gasteiger partial charge in [-0.3, -0.25) is 0 Å². The molecule has 2 aromatic rings. The van der Waals surface area contributed by atoms with Crippen LogP contribution in [0.1, 0.15) is 32.4 Å². The summed E-state index contributed by atoms with van der Waals surface area (Å²) in [7, 11) is 0. The monoisotopic (exact) mass is 302 g/mol. The second-order valence-corrected chi connectivity index (χ2v) is 6.96. The van der Waals surface area contributed by atoms with Crippen LogP contribution in [0.2, 0.25) is 0 Å². The van der Waals surface area contributed by atoms with Crippen molar-refractivity contribution in [3.63, 3.8) is 0 Å². The molecule has 3 heterocycles. The molecule has 0 bridgehead atoms. The van der Waals surface area contributed by atoms with E-state index in [4.69, 9.17) is 0 Å². The van der Waals surface area contributed by atoms with Gasteiger partial charge in [-0.15, -0.1) is 0 Å². The van der Waals surface area contributed by atoms with E-state index in [2.05, 4.69) is 32.3 Å². The SMILES string of the molecule is CC(C)(O)CN1CCC(NCc2ccc3cc[nH]c3n2)CC1. The summed E-state index contributed by atoms with van der Waals surface area (Å²) in [6.45, 7) is 7.41. The first kappa shape index (κ1) is 15.5. The normalized spacial score (nSPS) is 18.1. The zero-order chi connectivity index (χ0) is 15.6. The van der Waals surface area contributed by atoms with E-state index < -0.39 is 5.60 Å². The molecule has 5 heteroatoms. The zero-order valence-corrected chi connectivity index (χ0v) is 13.5. The molecule has 0 unspecified atom stereocenters. The minimum absolute atomic E-state index is 0.541. The molecular weight excluding hydrogens is 276 g/mol. The molecule has 3 N–H and O–H groups in total. The molecule has 1 saturated heterocycles. The lowest BCUT2D eigenvalue weighted by Crippen LogP contribution is -2.47. The Labute approximate surface area is 131 Å². The summed E-state index contributed by atoms with van der Waals surface area (Å²) in [5.41, 5.74) is 1.43. The van der Waals surface area contributed by atoms with Gasteiger partial charge in [-0.1, -0.05) is 0 Å². The van der Waals surface area contributed by atoms with E-state index in [0.717, 1.165) is 55.7 Å². The van der Waals surface area contributed by atoms with Gasteiger partial charge in [-0.05, 0) is 58.0 Å². The van der Waals surface area contributed by atoms with Crippen molar-refractivity contribution in [2.45, 2.75) is 44.9 Å². The first-order chi connectivity index (χ1) is 10.5. The van der Waals surface area contributed by atoms with Crippen LogP contribution in [0.25, 0.3) is 11.0 Å². The van der Waals surface area contributed by atoms with E-state index in [0.29, 0.717) is 6.04 Å². The molecule has 0 saturated carbocycles. The van der Waals surface area contributed by atoms with Gasteiger partial charge < -0.3 is 20.3 Å². The Morgan fingerprint density at radius 1 is 1.32 bits per heavy atom. The van der Waals surface area contributed by atoms with Gasteiger partial charge in [0.2, 0.25) is 0 Å². The maximum atomic E-state index is 9.89. The predicted molar refractivity (Wildman–Crippen MR) is 88.7 cm³/mol. The third kappa shape index (κ3) is 4.06. The fraction of sp³-hybridized carbons (Fsp3) is 0.588. The van der Waals surface area contributed by atoms with E-state index in [-0.39, 0.29) is 0 Å². The van der Waals surface area contributed by atoms with Gasteiger partial charge in [0.1, 0.15) is 5.65 Å². The van der Waals surface area contributed by atoms with Crippen LogP contribution in [0.15, 0.2) is 24.4 Å². The zero-order valence-electron chi connectivity index (χ0n) is 13.5. The third-order valence-corrected chi connectivity index (χ3v) is 4.24. The van der Waals surface area contributed by atoms with E-state index in [1.54, 1.807) is 0 Å². The highest BCUT2D eigenvalue weighted by Gasteiger charge is 2.23. The molecule has 1 aliphatic rings. The number of nitrogens with zero attached hydrogens (tertiary/aromatic N) is 2. The van der Waals surface area contributed by atoms with Gasteiger partial charge in [0, 0.05) is 30.7 Å². The Morgan fingerprint density at radius 2 is 2.09 bits per heavy atom. The highest BCUT2D eigenvalue weighted by molar-refractivity contribution is 5.75. The summed E-state index contributed by atoms with van der Waals surface area (Å²) in [4.78, 5) is 10.1. The van der Waals surface area contributed by atoms with Crippen molar-refractivity contribution in [1.29, 1.82) is 0 Å². The van der Waals surface area contributed by atoms with Crippen molar-refractivity contribution >= 4 is 11.0 Å². The molecule has 2 aromatic heterocycles. The molecule has 1 aliphatic heterocycles. The van der Waals surface area contributed by atoms with Crippen LogP contribution in [0.4, 0.5) is 0 Å². The summed E-state index contributed by atoms with van der Waals surface area (Å²) >= 11 is 0. The minimum Gasteiger partial charge on any atom is -0.389 e. The van der Waals surface area contributed by atoms with Crippen LogP contribution in [0.5, 0.6) is 0 Å². The number of hydrogen-bond donors (Lipinski definition) is 3. The summed E-state index contributed by atoms with van der Waals surface area (Å²) in [5, 5.41) is 14.7. The van der Waals surface area contributed by atoms with Gasteiger partial charge >= 0.3 is 0 Å². The fourth-order valence-electron chi connectivity index (χ4n) is 3.16. The van der Waals surface area contributed by atoms with Gasteiger partial charge in [0.05, 0.1) is 11.3 Å². The Morgan fingerprint density at radius 3 is 2.82 bits per heavy atom. The number of pyridine rings is 1. The van der Waals surface area contributed by atoms with E-state index in [1.807, 2.05) is 26.1 Å². The van der Waals surface area contributed by atoms with Crippen LogP contribution in [0, 0.1) is 0 Å². The fourth-order valence-corrected chi connectivity index (χ4v) is 3.16. The van der Waals surface area contributed by atoms with Gasteiger partial charge in [-0.25, -0.2) is 4.98 Å². The van der Waals surface area contributed by atoms with Gasteiger partial charge in [0.15, 0.2) is 0 Å². The molecular formula is C17H26N4O. The number of aromatic nitrogens is 2. The van der Waals surface area contributed by atoms with Crippen molar-refractivity contribution in [1.82, 2.24) is 20.2 Å². The molecule has 0 radical (unpaired) electrons. The second-order valence-electron chi connectivity index (χ2n) is 6.96. The maximum absolute atomic E-state index is 9.89. The Bertz CT molecular complexity index is 608. The van der Waals surface area contributed by atoms with Crippen LogP contribution < -0.4 is 5.32 Å². The first-order valence-electron chi connectivity index (χ1n) is 8.11. The standard InChI is InChI=1S/C17H26N4O/c1-17(2,22)12-21-9-6-14(7-10-21)19-11-15-4-3-13-5-8-18-16(13)20-15/h3-5,8,14,19,22H,6-7,9-12H2,1-2H3,(H,18,20). The lowest BCUT2D eigenvalue weighted by molar-refractivity contribution is 0.0268. The van der Waals surface area contributed by atoms with Crippen molar-refractivity contribution in [2.75, 3.05) is 19.6 Å². The summed E-state index contributed by atoms with van der Waals surface area (Å²) in [6.07, 6.45) is 4.18. The Kier molecular flexibility index (Phi) is 4.47. The average molecular weight is 302 g/mol. The number of aliphatic hydroxyl groups is 1. The smallest absolute Gasteiger partial charge is 0.137 e. The average Bonchev–Trinajstić information content (AvgIpc) is 2.92. The minimum atomic E-state index is -0.602.